The van der Waals surface area contributed by atoms with Gasteiger partial charge in [0.05, 0.1) is 7.11 Å². The van der Waals surface area contributed by atoms with Crippen LogP contribution in [0.15, 0.2) is 18.2 Å². The third kappa shape index (κ3) is 4.30. The topological polar surface area (TPSA) is 21.3 Å². The second kappa shape index (κ2) is 6.19. The van der Waals surface area contributed by atoms with Crippen LogP contribution in [0.1, 0.15) is 32.8 Å². The number of hydrogen-bond donors (Lipinski definition) is 1. The molecule has 0 bridgehead atoms. The Labute approximate surface area is 110 Å². The van der Waals surface area contributed by atoms with E-state index in [-0.39, 0.29) is 17.3 Å². The highest BCUT2D eigenvalue weighted by Gasteiger charge is 2.19. The van der Waals surface area contributed by atoms with Crippen LogP contribution in [0, 0.1) is 11.2 Å². The number of ether oxygens (including phenoxy) is 1. The van der Waals surface area contributed by atoms with Crippen molar-refractivity contribution in [3.63, 3.8) is 0 Å². The number of nitrogens with one attached hydrogen (secondary N) is 1. The fraction of sp³-hybridized carbons (Fsp3) is 0.600. The molecule has 1 aromatic rings. The summed E-state index contributed by atoms with van der Waals surface area (Å²) >= 11 is 0. The minimum Gasteiger partial charge on any atom is -0.494 e. The summed E-state index contributed by atoms with van der Waals surface area (Å²) in [6.45, 7) is 6.58. The number of likely N-dealkylation sites (N-methyl/N-ethyl adjacent to an activating group) is 1. The van der Waals surface area contributed by atoms with Gasteiger partial charge in [-0.2, -0.15) is 0 Å². The normalized spacial score (nSPS) is 13.4. The standard InChI is InChI=1S/C15H24FNO/c1-15(2,3)10-12(17-4)9-11-7-6-8-13(18-5)14(11)16/h6-8,12,17H,9-10H2,1-5H3. The maximum Gasteiger partial charge on any atom is 0.168 e. The van der Waals surface area contributed by atoms with Gasteiger partial charge in [-0.3, -0.25) is 0 Å². The van der Waals surface area contributed by atoms with E-state index in [0.717, 1.165) is 6.42 Å². The molecule has 0 saturated heterocycles. The van der Waals surface area contributed by atoms with Crippen molar-refractivity contribution in [1.82, 2.24) is 5.32 Å². The highest BCUT2D eigenvalue weighted by Crippen LogP contribution is 2.25. The van der Waals surface area contributed by atoms with Crippen LogP contribution in [0.3, 0.4) is 0 Å². The molecular formula is C15H24FNO. The largest absolute Gasteiger partial charge is 0.494 e. The molecule has 18 heavy (non-hydrogen) atoms. The van der Waals surface area contributed by atoms with E-state index in [0.29, 0.717) is 17.7 Å². The summed E-state index contributed by atoms with van der Waals surface area (Å²) < 4.78 is 19.1. The van der Waals surface area contributed by atoms with E-state index in [4.69, 9.17) is 4.74 Å². The molecule has 0 saturated carbocycles. The summed E-state index contributed by atoms with van der Waals surface area (Å²) in [5.74, 6) is 0.0762. The molecule has 1 unspecified atom stereocenters. The van der Waals surface area contributed by atoms with Crippen LogP contribution < -0.4 is 10.1 Å². The van der Waals surface area contributed by atoms with Crippen LogP contribution in [-0.2, 0) is 6.42 Å². The highest BCUT2D eigenvalue weighted by atomic mass is 19.1. The molecule has 0 fully saturated rings. The maximum atomic E-state index is 14.0. The van der Waals surface area contributed by atoms with Crippen molar-refractivity contribution in [1.29, 1.82) is 0 Å². The molecule has 0 aliphatic carbocycles. The summed E-state index contributed by atoms with van der Waals surface area (Å²) in [4.78, 5) is 0. The van der Waals surface area contributed by atoms with Crippen LogP contribution >= 0.6 is 0 Å². The van der Waals surface area contributed by atoms with Crippen molar-refractivity contribution in [2.24, 2.45) is 5.41 Å². The SMILES string of the molecule is CNC(Cc1cccc(OC)c1F)CC(C)(C)C. The number of hydrogen-bond acceptors (Lipinski definition) is 2. The average Bonchev–Trinajstić information content (AvgIpc) is 2.29. The molecule has 0 aliphatic rings. The second-order valence-electron chi connectivity index (χ2n) is 5.89. The molecule has 0 radical (unpaired) electrons. The van der Waals surface area contributed by atoms with Gasteiger partial charge < -0.3 is 10.1 Å². The zero-order chi connectivity index (χ0) is 13.8. The Morgan fingerprint density at radius 1 is 1.33 bits per heavy atom. The zero-order valence-corrected chi connectivity index (χ0v) is 12.0. The lowest BCUT2D eigenvalue weighted by Gasteiger charge is -2.26. The lowest BCUT2D eigenvalue weighted by molar-refractivity contribution is 0.313. The molecule has 1 rings (SSSR count). The summed E-state index contributed by atoms with van der Waals surface area (Å²) in [6.07, 6.45) is 1.68. The first kappa shape index (κ1) is 15.0. The molecule has 0 amide bonds. The Bertz CT molecular complexity index is 385. The monoisotopic (exact) mass is 253 g/mol. The van der Waals surface area contributed by atoms with Gasteiger partial charge >= 0.3 is 0 Å². The molecule has 0 spiro atoms. The van der Waals surface area contributed by atoms with Gasteiger partial charge in [0.15, 0.2) is 11.6 Å². The van der Waals surface area contributed by atoms with Gasteiger partial charge in [0, 0.05) is 6.04 Å². The van der Waals surface area contributed by atoms with Crippen LogP contribution in [0.5, 0.6) is 5.75 Å². The molecule has 102 valence electrons. The number of benzene rings is 1. The number of methoxy groups -OCH3 is 1. The molecule has 0 heterocycles. The van der Waals surface area contributed by atoms with E-state index in [9.17, 15) is 4.39 Å². The summed E-state index contributed by atoms with van der Waals surface area (Å²) in [6, 6.07) is 5.58. The van der Waals surface area contributed by atoms with Crippen molar-refractivity contribution in [2.45, 2.75) is 39.7 Å². The maximum absolute atomic E-state index is 14.0. The fourth-order valence-electron chi connectivity index (χ4n) is 2.15. The van der Waals surface area contributed by atoms with Crippen molar-refractivity contribution in [3.05, 3.63) is 29.6 Å². The van der Waals surface area contributed by atoms with Crippen molar-refractivity contribution in [3.8, 4) is 5.75 Å². The van der Waals surface area contributed by atoms with Crippen LogP contribution in [0.2, 0.25) is 0 Å². The smallest absolute Gasteiger partial charge is 0.168 e. The first-order valence-corrected chi connectivity index (χ1v) is 6.36. The van der Waals surface area contributed by atoms with Gasteiger partial charge in [0.25, 0.3) is 0 Å². The minimum absolute atomic E-state index is 0.225. The molecule has 0 aromatic heterocycles. The van der Waals surface area contributed by atoms with Crippen molar-refractivity contribution >= 4 is 0 Å². The average molecular weight is 253 g/mol. The highest BCUT2D eigenvalue weighted by molar-refractivity contribution is 5.31. The van der Waals surface area contributed by atoms with Gasteiger partial charge in [0.2, 0.25) is 0 Å². The van der Waals surface area contributed by atoms with E-state index in [1.165, 1.54) is 7.11 Å². The van der Waals surface area contributed by atoms with Crippen molar-refractivity contribution < 1.29 is 9.13 Å². The van der Waals surface area contributed by atoms with Crippen LogP contribution in [-0.4, -0.2) is 20.2 Å². The molecule has 2 nitrogen and oxygen atoms in total. The molecule has 0 aliphatic heterocycles. The van der Waals surface area contributed by atoms with Gasteiger partial charge in [-0.1, -0.05) is 32.9 Å². The molecular weight excluding hydrogens is 229 g/mol. The van der Waals surface area contributed by atoms with Crippen molar-refractivity contribution in [2.75, 3.05) is 14.2 Å². The predicted octanol–water partition coefficient (Wildman–Crippen LogP) is 3.40. The summed E-state index contributed by atoms with van der Waals surface area (Å²) in [5, 5.41) is 3.26. The number of halogens is 1. The third-order valence-corrected chi connectivity index (χ3v) is 3.00. The first-order valence-electron chi connectivity index (χ1n) is 6.36. The molecule has 1 atom stereocenters. The quantitative estimate of drug-likeness (QED) is 0.868. The molecule has 1 N–H and O–H groups in total. The second-order valence-corrected chi connectivity index (χ2v) is 5.89. The summed E-state index contributed by atoms with van der Waals surface area (Å²) in [7, 11) is 3.42. The van der Waals surface area contributed by atoms with Gasteiger partial charge in [-0.15, -0.1) is 0 Å². The first-order chi connectivity index (χ1) is 8.37. The van der Waals surface area contributed by atoms with E-state index >= 15 is 0 Å². The van der Waals surface area contributed by atoms with Gasteiger partial charge in [-0.05, 0) is 36.9 Å². The zero-order valence-electron chi connectivity index (χ0n) is 12.0. The fourth-order valence-corrected chi connectivity index (χ4v) is 2.15. The number of rotatable bonds is 5. The third-order valence-electron chi connectivity index (χ3n) is 3.00. The van der Waals surface area contributed by atoms with E-state index in [2.05, 4.69) is 26.1 Å². The lowest BCUT2D eigenvalue weighted by atomic mass is 9.86. The lowest BCUT2D eigenvalue weighted by Crippen LogP contribution is -2.32. The molecule has 1 aromatic carbocycles. The summed E-state index contributed by atoms with van der Waals surface area (Å²) in [5.41, 5.74) is 0.932. The Kier molecular flexibility index (Phi) is 5.15. The van der Waals surface area contributed by atoms with Crippen LogP contribution in [0.25, 0.3) is 0 Å². The van der Waals surface area contributed by atoms with E-state index in [1.807, 2.05) is 19.2 Å². The minimum atomic E-state index is -0.242. The Morgan fingerprint density at radius 2 is 2.00 bits per heavy atom. The Balaban J connectivity index is 2.82. The van der Waals surface area contributed by atoms with Gasteiger partial charge in [-0.25, -0.2) is 4.39 Å². The Morgan fingerprint density at radius 3 is 2.50 bits per heavy atom. The van der Waals surface area contributed by atoms with Gasteiger partial charge in [0.1, 0.15) is 0 Å². The van der Waals surface area contributed by atoms with E-state index < -0.39 is 0 Å². The van der Waals surface area contributed by atoms with Crippen LogP contribution in [0.4, 0.5) is 4.39 Å². The Hall–Kier alpha value is -1.09. The van der Waals surface area contributed by atoms with E-state index in [1.54, 1.807) is 6.07 Å². The predicted molar refractivity (Wildman–Crippen MR) is 73.6 cm³/mol. The molecule has 3 heteroatoms.